The lowest BCUT2D eigenvalue weighted by atomic mass is 10.1. The summed E-state index contributed by atoms with van der Waals surface area (Å²) in [4.78, 5) is 17.3. The number of hydrogen-bond donors (Lipinski definition) is 3. The number of aldehydes is 1. The second-order valence-corrected chi connectivity index (χ2v) is 6.01. The quantitative estimate of drug-likeness (QED) is 0.628. The number of carbonyl (C=O) groups is 1. The van der Waals surface area contributed by atoms with Gasteiger partial charge in [0.1, 0.15) is 5.82 Å². The van der Waals surface area contributed by atoms with E-state index in [1.807, 2.05) is 0 Å². The molecule has 0 saturated heterocycles. The molecular weight excluding hydrogens is 337 g/mol. The van der Waals surface area contributed by atoms with Crippen molar-refractivity contribution in [3.05, 3.63) is 59.3 Å². The SMILES string of the molecule is Cc1ccc(Nc2cncc(/C=C\N(C)CC(O)CO)c2C=O)c(F)c1. The molecule has 0 bridgehead atoms. The molecule has 138 valence electrons. The third kappa shape index (κ3) is 5.11. The summed E-state index contributed by atoms with van der Waals surface area (Å²) < 4.78 is 14.0. The molecular formula is C19H22FN3O3. The highest BCUT2D eigenvalue weighted by Crippen LogP contribution is 2.25. The van der Waals surface area contributed by atoms with Crippen LogP contribution in [0, 0.1) is 12.7 Å². The number of nitrogens with one attached hydrogen (secondary N) is 1. The van der Waals surface area contributed by atoms with Gasteiger partial charge in [-0.15, -0.1) is 0 Å². The average Bonchev–Trinajstić information content (AvgIpc) is 2.62. The Hall–Kier alpha value is -2.77. The van der Waals surface area contributed by atoms with Crippen molar-refractivity contribution in [1.29, 1.82) is 0 Å². The molecule has 1 atom stereocenters. The molecule has 3 N–H and O–H groups in total. The van der Waals surface area contributed by atoms with E-state index in [4.69, 9.17) is 5.11 Å². The van der Waals surface area contributed by atoms with Crippen LogP contribution in [0.3, 0.4) is 0 Å². The van der Waals surface area contributed by atoms with Crippen LogP contribution in [0.2, 0.25) is 0 Å². The lowest BCUT2D eigenvalue weighted by molar-refractivity contribution is 0.0770. The predicted molar refractivity (Wildman–Crippen MR) is 98.8 cm³/mol. The predicted octanol–water partition coefficient (Wildman–Crippen LogP) is 2.34. The molecule has 0 aliphatic heterocycles. The minimum absolute atomic E-state index is 0.239. The number of aryl methyl sites for hydroxylation is 1. The summed E-state index contributed by atoms with van der Waals surface area (Å²) in [7, 11) is 1.73. The molecule has 26 heavy (non-hydrogen) atoms. The zero-order chi connectivity index (χ0) is 19.1. The zero-order valence-corrected chi connectivity index (χ0v) is 14.7. The van der Waals surface area contributed by atoms with Crippen LogP contribution in [0.15, 0.2) is 36.8 Å². The molecule has 0 radical (unpaired) electrons. The first-order valence-electron chi connectivity index (χ1n) is 8.08. The molecule has 1 unspecified atom stereocenters. The monoisotopic (exact) mass is 359 g/mol. The van der Waals surface area contributed by atoms with Crippen LogP contribution in [0.5, 0.6) is 0 Å². The van der Waals surface area contributed by atoms with Gasteiger partial charge in [0.2, 0.25) is 0 Å². The number of likely N-dealkylation sites (N-methyl/N-ethyl adjacent to an activating group) is 1. The zero-order valence-electron chi connectivity index (χ0n) is 14.7. The van der Waals surface area contributed by atoms with Gasteiger partial charge in [0, 0.05) is 30.9 Å². The molecule has 2 aromatic rings. The molecule has 0 saturated carbocycles. The van der Waals surface area contributed by atoms with Gasteiger partial charge in [-0.2, -0.15) is 0 Å². The van der Waals surface area contributed by atoms with Gasteiger partial charge in [0.15, 0.2) is 6.29 Å². The van der Waals surface area contributed by atoms with Crippen molar-refractivity contribution >= 4 is 23.7 Å². The number of nitrogens with zero attached hydrogens (tertiary/aromatic N) is 2. The van der Waals surface area contributed by atoms with Crippen LogP contribution in [-0.2, 0) is 0 Å². The minimum Gasteiger partial charge on any atom is -0.394 e. The maximum absolute atomic E-state index is 14.0. The Morgan fingerprint density at radius 3 is 2.77 bits per heavy atom. The van der Waals surface area contributed by atoms with Crippen LogP contribution in [0.25, 0.3) is 6.08 Å². The molecule has 7 heteroatoms. The normalized spacial score (nSPS) is 12.2. The maximum atomic E-state index is 14.0. The molecule has 1 aromatic carbocycles. The molecule has 1 heterocycles. The average molecular weight is 359 g/mol. The number of benzene rings is 1. The summed E-state index contributed by atoms with van der Waals surface area (Å²) in [5, 5.41) is 21.2. The van der Waals surface area contributed by atoms with E-state index in [2.05, 4.69) is 10.3 Å². The number of anilines is 2. The van der Waals surface area contributed by atoms with Crippen molar-refractivity contribution in [2.45, 2.75) is 13.0 Å². The van der Waals surface area contributed by atoms with Crippen molar-refractivity contribution < 1.29 is 19.4 Å². The maximum Gasteiger partial charge on any atom is 0.152 e. The van der Waals surface area contributed by atoms with Crippen molar-refractivity contribution in [3.63, 3.8) is 0 Å². The molecule has 0 fully saturated rings. The second-order valence-electron chi connectivity index (χ2n) is 6.01. The highest BCUT2D eigenvalue weighted by Gasteiger charge is 2.10. The van der Waals surface area contributed by atoms with Gasteiger partial charge in [-0.05, 0) is 36.9 Å². The first kappa shape index (κ1) is 19.6. The van der Waals surface area contributed by atoms with Gasteiger partial charge in [-0.25, -0.2) is 4.39 Å². The standard InChI is InChI=1S/C19H22FN3O3/c1-13-3-4-18(17(20)7-13)22-19-9-21-8-14(16(19)12-25)5-6-23(2)10-15(26)11-24/h3-9,12,15,22,24,26H,10-11H2,1-2H3/b6-5-. The van der Waals surface area contributed by atoms with E-state index >= 15 is 0 Å². The van der Waals surface area contributed by atoms with E-state index < -0.39 is 11.9 Å². The van der Waals surface area contributed by atoms with Gasteiger partial charge < -0.3 is 20.4 Å². The number of aliphatic hydroxyl groups is 2. The number of aromatic nitrogens is 1. The Morgan fingerprint density at radius 2 is 2.12 bits per heavy atom. The Morgan fingerprint density at radius 1 is 1.35 bits per heavy atom. The van der Waals surface area contributed by atoms with Gasteiger partial charge in [0.25, 0.3) is 0 Å². The van der Waals surface area contributed by atoms with Crippen molar-refractivity contribution in [1.82, 2.24) is 9.88 Å². The van der Waals surface area contributed by atoms with Gasteiger partial charge in [-0.3, -0.25) is 9.78 Å². The summed E-state index contributed by atoms with van der Waals surface area (Å²) in [6.07, 6.45) is 6.13. The summed E-state index contributed by atoms with van der Waals surface area (Å²) in [5.41, 5.74) is 2.33. The molecule has 0 aliphatic carbocycles. The largest absolute Gasteiger partial charge is 0.394 e. The summed E-state index contributed by atoms with van der Waals surface area (Å²) in [5.74, 6) is -0.416. The van der Waals surface area contributed by atoms with E-state index in [9.17, 15) is 14.3 Å². The number of carbonyl (C=O) groups excluding carboxylic acids is 1. The topological polar surface area (TPSA) is 85.7 Å². The van der Waals surface area contributed by atoms with Crippen LogP contribution in [-0.4, -0.2) is 52.7 Å². The Balaban J connectivity index is 2.24. The van der Waals surface area contributed by atoms with E-state index in [-0.39, 0.29) is 18.8 Å². The van der Waals surface area contributed by atoms with Gasteiger partial charge in [-0.1, -0.05) is 6.07 Å². The Kier molecular flexibility index (Phi) is 6.82. The number of rotatable bonds is 8. The summed E-state index contributed by atoms with van der Waals surface area (Å²) >= 11 is 0. The fraction of sp³-hybridized carbons (Fsp3) is 0.263. The van der Waals surface area contributed by atoms with E-state index in [1.165, 1.54) is 18.5 Å². The third-order valence-corrected chi connectivity index (χ3v) is 3.75. The first-order chi connectivity index (χ1) is 12.4. The van der Waals surface area contributed by atoms with Crippen LogP contribution >= 0.6 is 0 Å². The van der Waals surface area contributed by atoms with E-state index in [1.54, 1.807) is 43.3 Å². The lowest BCUT2D eigenvalue weighted by Crippen LogP contribution is -2.27. The number of hydrogen-bond acceptors (Lipinski definition) is 6. The highest BCUT2D eigenvalue weighted by atomic mass is 19.1. The fourth-order valence-electron chi connectivity index (χ4n) is 2.38. The Bertz CT molecular complexity index is 796. The van der Waals surface area contributed by atoms with Crippen molar-refractivity contribution in [3.8, 4) is 0 Å². The highest BCUT2D eigenvalue weighted by molar-refractivity contribution is 5.90. The summed E-state index contributed by atoms with van der Waals surface area (Å²) in [6, 6.07) is 4.78. The van der Waals surface area contributed by atoms with Crippen LogP contribution in [0.1, 0.15) is 21.5 Å². The molecule has 0 spiro atoms. The smallest absolute Gasteiger partial charge is 0.152 e. The number of halogens is 1. The van der Waals surface area contributed by atoms with Crippen LogP contribution < -0.4 is 5.32 Å². The molecule has 0 amide bonds. The number of pyridine rings is 1. The van der Waals surface area contributed by atoms with Crippen LogP contribution in [0.4, 0.5) is 15.8 Å². The minimum atomic E-state index is -0.856. The molecule has 1 aromatic heterocycles. The molecule has 2 rings (SSSR count). The molecule has 0 aliphatic rings. The van der Waals surface area contributed by atoms with E-state index in [0.29, 0.717) is 23.1 Å². The number of aliphatic hydroxyl groups excluding tert-OH is 2. The Labute approximate surface area is 151 Å². The second kappa shape index (κ2) is 9.07. The molecule has 6 nitrogen and oxygen atoms in total. The van der Waals surface area contributed by atoms with Gasteiger partial charge in [0.05, 0.1) is 30.3 Å². The fourth-order valence-corrected chi connectivity index (χ4v) is 2.38. The lowest BCUT2D eigenvalue weighted by Gasteiger charge is -2.17. The third-order valence-electron chi connectivity index (χ3n) is 3.75. The van der Waals surface area contributed by atoms with Crippen molar-refractivity contribution in [2.75, 3.05) is 25.5 Å². The van der Waals surface area contributed by atoms with Crippen molar-refractivity contribution in [2.24, 2.45) is 0 Å². The van der Waals surface area contributed by atoms with E-state index in [0.717, 1.165) is 5.56 Å². The van der Waals surface area contributed by atoms with Gasteiger partial charge >= 0.3 is 0 Å². The summed E-state index contributed by atoms with van der Waals surface area (Å²) in [6.45, 7) is 1.70. The first-order valence-corrected chi connectivity index (χ1v) is 8.08.